The van der Waals surface area contributed by atoms with Crippen LogP contribution in [0, 0.1) is 0 Å². The van der Waals surface area contributed by atoms with E-state index >= 15 is 0 Å². The molecule has 2 aromatic rings. The Kier molecular flexibility index (Phi) is 5.14. The van der Waals surface area contributed by atoms with E-state index in [1.807, 2.05) is 24.3 Å². The van der Waals surface area contributed by atoms with Crippen molar-refractivity contribution in [1.29, 1.82) is 0 Å². The Morgan fingerprint density at radius 3 is 2.65 bits per heavy atom. The van der Waals surface area contributed by atoms with E-state index in [-0.39, 0.29) is 5.97 Å². The molecule has 0 fully saturated rings. The minimum atomic E-state index is -0.320. The van der Waals surface area contributed by atoms with Crippen LogP contribution in [0.3, 0.4) is 0 Å². The number of esters is 1. The minimum absolute atomic E-state index is 0.320. The number of benzene rings is 1. The first kappa shape index (κ1) is 15.0. The van der Waals surface area contributed by atoms with Crippen molar-refractivity contribution >= 4 is 33.2 Å². The molecule has 0 N–H and O–H groups in total. The van der Waals surface area contributed by atoms with E-state index in [0.29, 0.717) is 21.8 Å². The van der Waals surface area contributed by atoms with Gasteiger partial charge in [0.25, 0.3) is 0 Å². The fourth-order valence-corrected chi connectivity index (χ4v) is 3.14. The van der Waals surface area contributed by atoms with Crippen LogP contribution in [0.2, 0.25) is 0 Å². The lowest BCUT2D eigenvalue weighted by Crippen LogP contribution is -2.06. The third kappa shape index (κ3) is 3.58. The summed E-state index contributed by atoms with van der Waals surface area (Å²) in [4.78, 5) is 16.8. The molecule has 0 radical (unpaired) electrons. The number of nitrogens with zero attached hydrogens (tertiary/aromatic N) is 1. The van der Waals surface area contributed by atoms with E-state index < -0.39 is 0 Å². The quantitative estimate of drug-likeness (QED) is 0.767. The summed E-state index contributed by atoms with van der Waals surface area (Å²) in [6, 6.07) is 7.70. The van der Waals surface area contributed by atoms with Crippen LogP contribution in [-0.2, 0) is 11.2 Å². The van der Waals surface area contributed by atoms with E-state index in [0.717, 1.165) is 17.0 Å². The average molecular weight is 356 g/mol. The highest BCUT2D eigenvalue weighted by Gasteiger charge is 2.18. The summed E-state index contributed by atoms with van der Waals surface area (Å²) < 4.78 is 10.9. The lowest BCUT2D eigenvalue weighted by atomic mass is 10.1. The molecule has 0 aliphatic rings. The van der Waals surface area contributed by atoms with Crippen molar-refractivity contribution < 1.29 is 14.3 Å². The first-order valence-electron chi connectivity index (χ1n) is 6.09. The van der Waals surface area contributed by atoms with E-state index in [9.17, 15) is 4.79 Å². The van der Waals surface area contributed by atoms with E-state index in [1.54, 1.807) is 14.0 Å². The number of methoxy groups -OCH3 is 1. The van der Waals surface area contributed by atoms with Gasteiger partial charge in [0.2, 0.25) is 0 Å². The summed E-state index contributed by atoms with van der Waals surface area (Å²) in [5.41, 5.74) is 1.79. The molecule has 1 heterocycles. The van der Waals surface area contributed by atoms with Gasteiger partial charge in [-0.05, 0) is 40.5 Å². The van der Waals surface area contributed by atoms with Crippen LogP contribution in [0.15, 0.2) is 28.2 Å². The molecule has 0 atom stereocenters. The second-order valence-corrected chi connectivity index (χ2v) is 6.26. The number of rotatable bonds is 5. The second-order valence-electron chi connectivity index (χ2n) is 3.99. The summed E-state index contributed by atoms with van der Waals surface area (Å²) >= 11 is 4.61. The Labute approximate surface area is 129 Å². The van der Waals surface area contributed by atoms with Crippen LogP contribution in [0.25, 0.3) is 0 Å². The maximum absolute atomic E-state index is 11.9. The molecule has 0 unspecified atom stereocenters. The highest BCUT2D eigenvalue weighted by atomic mass is 79.9. The Hall–Kier alpha value is -1.40. The summed E-state index contributed by atoms with van der Waals surface area (Å²) in [6.45, 7) is 2.15. The topological polar surface area (TPSA) is 48.4 Å². The predicted octanol–water partition coefficient (Wildman–Crippen LogP) is 3.68. The largest absolute Gasteiger partial charge is 0.497 e. The molecular weight excluding hydrogens is 342 g/mol. The number of carbonyl (C=O) groups is 1. The standard InChI is InChI=1S/C14H14BrNO3S/c1-3-19-13(17)12-11(16-14(15)20-12)8-9-4-6-10(18-2)7-5-9/h4-7H,3,8H2,1-2H3. The van der Waals surface area contributed by atoms with Crippen molar-refractivity contribution in [3.05, 3.63) is 44.3 Å². The number of aromatic nitrogens is 1. The lowest BCUT2D eigenvalue weighted by Gasteiger charge is -2.04. The first-order chi connectivity index (χ1) is 9.63. The Morgan fingerprint density at radius 1 is 1.35 bits per heavy atom. The number of hydrogen-bond donors (Lipinski definition) is 0. The Balaban J connectivity index is 2.21. The van der Waals surface area contributed by atoms with Crippen molar-refractivity contribution in [2.45, 2.75) is 13.3 Å². The maximum Gasteiger partial charge on any atom is 0.350 e. The fraction of sp³-hybridized carbons (Fsp3) is 0.286. The third-order valence-electron chi connectivity index (χ3n) is 2.66. The first-order valence-corrected chi connectivity index (χ1v) is 7.70. The van der Waals surface area contributed by atoms with Gasteiger partial charge in [-0.3, -0.25) is 0 Å². The smallest absolute Gasteiger partial charge is 0.350 e. The van der Waals surface area contributed by atoms with E-state index in [2.05, 4.69) is 20.9 Å². The molecule has 0 amide bonds. The second kappa shape index (κ2) is 6.85. The van der Waals surface area contributed by atoms with Crippen LogP contribution in [0.5, 0.6) is 5.75 Å². The molecular formula is C14H14BrNO3S. The monoisotopic (exact) mass is 355 g/mol. The Bertz CT molecular complexity index is 595. The molecule has 1 aromatic heterocycles. The molecule has 4 nitrogen and oxygen atoms in total. The van der Waals surface area contributed by atoms with Crippen molar-refractivity contribution in [2.75, 3.05) is 13.7 Å². The van der Waals surface area contributed by atoms with Crippen molar-refractivity contribution in [1.82, 2.24) is 4.98 Å². The Morgan fingerprint density at radius 2 is 2.05 bits per heavy atom. The number of thiazole rings is 1. The third-order valence-corrected chi connectivity index (χ3v) is 4.19. The summed E-state index contributed by atoms with van der Waals surface area (Å²) in [5.74, 6) is 0.484. The normalized spacial score (nSPS) is 10.3. The van der Waals surface area contributed by atoms with Gasteiger partial charge in [0.1, 0.15) is 10.6 Å². The van der Waals surface area contributed by atoms with Gasteiger partial charge in [-0.2, -0.15) is 0 Å². The summed E-state index contributed by atoms with van der Waals surface area (Å²) in [7, 11) is 1.63. The number of hydrogen-bond acceptors (Lipinski definition) is 5. The van der Waals surface area contributed by atoms with Crippen LogP contribution in [0.4, 0.5) is 0 Å². The molecule has 0 spiro atoms. The van der Waals surface area contributed by atoms with Gasteiger partial charge in [0.05, 0.1) is 19.4 Å². The predicted molar refractivity (Wildman–Crippen MR) is 81.6 cm³/mol. The van der Waals surface area contributed by atoms with Crippen molar-refractivity contribution in [2.24, 2.45) is 0 Å². The van der Waals surface area contributed by atoms with Crippen molar-refractivity contribution in [3.8, 4) is 5.75 Å². The highest BCUT2D eigenvalue weighted by Crippen LogP contribution is 2.26. The number of ether oxygens (including phenoxy) is 2. The molecule has 6 heteroatoms. The van der Waals surface area contributed by atoms with Gasteiger partial charge >= 0.3 is 5.97 Å². The SMILES string of the molecule is CCOC(=O)c1sc(Br)nc1Cc1ccc(OC)cc1. The van der Waals surface area contributed by atoms with Gasteiger partial charge < -0.3 is 9.47 Å². The highest BCUT2D eigenvalue weighted by molar-refractivity contribution is 9.11. The number of halogens is 1. The molecule has 2 rings (SSSR count). The van der Waals surface area contributed by atoms with Crippen LogP contribution in [0.1, 0.15) is 27.9 Å². The van der Waals surface area contributed by atoms with Gasteiger partial charge in [-0.15, -0.1) is 0 Å². The fourth-order valence-electron chi connectivity index (χ4n) is 1.74. The van der Waals surface area contributed by atoms with Crippen LogP contribution >= 0.6 is 27.3 Å². The lowest BCUT2D eigenvalue weighted by molar-refractivity contribution is 0.0530. The number of carbonyl (C=O) groups excluding carboxylic acids is 1. The van der Waals surface area contributed by atoms with Crippen molar-refractivity contribution in [3.63, 3.8) is 0 Å². The molecule has 0 saturated carbocycles. The van der Waals surface area contributed by atoms with Gasteiger partial charge in [0.15, 0.2) is 3.92 Å². The van der Waals surface area contributed by atoms with E-state index in [1.165, 1.54) is 11.3 Å². The zero-order chi connectivity index (χ0) is 14.5. The van der Waals surface area contributed by atoms with Crippen LogP contribution < -0.4 is 4.74 Å². The molecule has 106 valence electrons. The van der Waals surface area contributed by atoms with E-state index in [4.69, 9.17) is 9.47 Å². The summed E-state index contributed by atoms with van der Waals surface area (Å²) in [5, 5.41) is 0. The van der Waals surface area contributed by atoms with Gasteiger partial charge in [-0.25, -0.2) is 9.78 Å². The molecule has 20 heavy (non-hydrogen) atoms. The van der Waals surface area contributed by atoms with Crippen LogP contribution in [-0.4, -0.2) is 24.7 Å². The molecule has 1 aromatic carbocycles. The average Bonchev–Trinajstić information content (AvgIpc) is 2.81. The molecule has 0 aliphatic heterocycles. The summed E-state index contributed by atoms with van der Waals surface area (Å²) in [6.07, 6.45) is 0.584. The maximum atomic E-state index is 11.9. The van der Waals surface area contributed by atoms with Gasteiger partial charge in [-0.1, -0.05) is 23.5 Å². The minimum Gasteiger partial charge on any atom is -0.497 e. The van der Waals surface area contributed by atoms with Gasteiger partial charge in [0, 0.05) is 6.42 Å². The molecule has 0 aliphatic carbocycles. The molecule has 0 saturated heterocycles. The molecule has 0 bridgehead atoms. The zero-order valence-corrected chi connectivity index (χ0v) is 13.6. The zero-order valence-electron chi connectivity index (χ0n) is 11.2.